The molecular weight excluding hydrogens is 252 g/mol. The Morgan fingerprint density at radius 1 is 1.30 bits per heavy atom. The quantitative estimate of drug-likeness (QED) is 0.725. The predicted molar refractivity (Wildman–Crippen MR) is 83.1 cm³/mol. The largest absolute Gasteiger partial charge is 0.383 e. The fourth-order valence-electron chi connectivity index (χ4n) is 2.09. The summed E-state index contributed by atoms with van der Waals surface area (Å²) in [7, 11) is 0. The molecule has 0 bridgehead atoms. The summed E-state index contributed by atoms with van der Waals surface area (Å²) in [5.41, 5.74) is 1.44. The first-order valence-corrected chi connectivity index (χ1v) is 7.41. The zero-order valence-electron chi connectivity index (χ0n) is 12.8. The zero-order chi connectivity index (χ0) is 14.8. The summed E-state index contributed by atoms with van der Waals surface area (Å²) in [6.45, 7) is 10.7. The van der Waals surface area contributed by atoms with E-state index in [1.54, 1.807) is 18.5 Å². The molecule has 0 unspecified atom stereocenters. The minimum absolute atomic E-state index is 0.0455. The van der Waals surface area contributed by atoms with Crippen molar-refractivity contribution in [1.82, 2.24) is 15.2 Å². The van der Waals surface area contributed by atoms with Gasteiger partial charge >= 0.3 is 0 Å². The number of hydrogen-bond acceptors (Lipinski definition) is 4. The molecule has 0 aliphatic heterocycles. The van der Waals surface area contributed by atoms with Crippen LogP contribution in [0.2, 0.25) is 0 Å². The number of hydrogen-bond donors (Lipinski definition) is 2. The molecule has 0 saturated heterocycles. The summed E-state index contributed by atoms with van der Waals surface area (Å²) in [5.74, 6) is -0.0455. The molecule has 5 nitrogen and oxygen atoms in total. The van der Waals surface area contributed by atoms with Crippen LogP contribution in [0.5, 0.6) is 0 Å². The van der Waals surface area contributed by atoms with E-state index in [9.17, 15) is 4.79 Å². The van der Waals surface area contributed by atoms with Crippen LogP contribution in [0, 0.1) is 0 Å². The first-order chi connectivity index (χ1) is 9.72. The van der Waals surface area contributed by atoms with Crippen molar-refractivity contribution in [3.05, 3.63) is 24.0 Å². The van der Waals surface area contributed by atoms with E-state index in [1.165, 1.54) is 0 Å². The minimum atomic E-state index is -0.0455. The number of carbonyl (C=O) groups excluding carboxylic acids is 1. The number of aromatic nitrogens is 1. The number of amides is 1. The van der Waals surface area contributed by atoms with E-state index in [2.05, 4.69) is 34.4 Å². The predicted octanol–water partition coefficient (Wildman–Crippen LogP) is 1.98. The van der Waals surface area contributed by atoms with Gasteiger partial charge in [0, 0.05) is 25.8 Å². The molecule has 0 aliphatic rings. The van der Waals surface area contributed by atoms with Crippen LogP contribution in [0.25, 0.3) is 0 Å². The summed E-state index contributed by atoms with van der Waals surface area (Å²) in [6, 6.07) is 1.75. The van der Waals surface area contributed by atoms with Gasteiger partial charge < -0.3 is 15.5 Å². The monoisotopic (exact) mass is 278 g/mol. The van der Waals surface area contributed by atoms with Crippen LogP contribution in [-0.4, -0.2) is 48.5 Å². The average molecular weight is 278 g/mol. The first kappa shape index (κ1) is 16.4. The van der Waals surface area contributed by atoms with Crippen molar-refractivity contribution in [1.29, 1.82) is 0 Å². The van der Waals surface area contributed by atoms with E-state index in [-0.39, 0.29) is 5.91 Å². The molecule has 112 valence electrons. The van der Waals surface area contributed by atoms with E-state index >= 15 is 0 Å². The lowest BCUT2D eigenvalue weighted by atomic mass is 10.2. The Balaban J connectivity index is 2.50. The van der Waals surface area contributed by atoms with Crippen LogP contribution in [0.3, 0.4) is 0 Å². The standard InChI is InChI=1S/C15H26N4O/c1-4-10-19(6-3)11-9-18-15(20)13-7-8-16-12-14(13)17-5-2/h7-8,12,17H,4-6,9-11H2,1-3H3,(H,18,20). The second-order valence-corrected chi connectivity index (χ2v) is 4.64. The molecule has 0 fully saturated rings. The van der Waals surface area contributed by atoms with Crippen molar-refractivity contribution >= 4 is 11.6 Å². The third kappa shape index (κ3) is 5.17. The molecule has 5 heteroatoms. The molecule has 0 aliphatic carbocycles. The maximum atomic E-state index is 12.2. The Kier molecular flexibility index (Phi) is 7.65. The van der Waals surface area contributed by atoms with Gasteiger partial charge in [-0.1, -0.05) is 13.8 Å². The van der Waals surface area contributed by atoms with Crippen molar-refractivity contribution in [3.63, 3.8) is 0 Å². The van der Waals surface area contributed by atoms with Gasteiger partial charge in [-0.3, -0.25) is 9.78 Å². The van der Waals surface area contributed by atoms with E-state index in [0.29, 0.717) is 12.1 Å². The lowest BCUT2D eigenvalue weighted by Crippen LogP contribution is -2.35. The molecule has 2 N–H and O–H groups in total. The number of anilines is 1. The molecular formula is C15H26N4O. The van der Waals surface area contributed by atoms with E-state index < -0.39 is 0 Å². The van der Waals surface area contributed by atoms with E-state index in [0.717, 1.165) is 38.3 Å². The summed E-state index contributed by atoms with van der Waals surface area (Å²) >= 11 is 0. The molecule has 1 heterocycles. The number of nitrogens with zero attached hydrogens (tertiary/aromatic N) is 2. The smallest absolute Gasteiger partial charge is 0.253 e. The van der Waals surface area contributed by atoms with Gasteiger partial charge in [-0.05, 0) is 32.5 Å². The minimum Gasteiger partial charge on any atom is -0.383 e. The molecule has 0 spiro atoms. The molecule has 0 aromatic carbocycles. The van der Waals surface area contributed by atoms with Gasteiger partial charge in [-0.25, -0.2) is 0 Å². The summed E-state index contributed by atoms with van der Waals surface area (Å²) in [6.07, 6.45) is 4.47. The lowest BCUT2D eigenvalue weighted by molar-refractivity contribution is 0.0949. The van der Waals surface area contributed by atoms with Crippen LogP contribution in [-0.2, 0) is 0 Å². The van der Waals surface area contributed by atoms with Crippen molar-refractivity contribution in [2.24, 2.45) is 0 Å². The first-order valence-electron chi connectivity index (χ1n) is 7.41. The fraction of sp³-hybridized carbons (Fsp3) is 0.600. The second kappa shape index (κ2) is 9.31. The molecule has 1 rings (SSSR count). The summed E-state index contributed by atoms with van der Waals surface area (Å²) < 4.78 is 0. The Hall–Kier alpha value is -1.62. The summed E-state index contributed by atoms with van der Waals surface area (Å²) in [4.78, 5) is 18.5. The van der Waals surface area contributed by atoms with Crippen LogP contribution in [0.1, 0.15) is 37.6 Å². The molecule has 0 radical (unpaired) electrons. The molecule has 1 amide bonds. The summed E-state index contributed by atoms with van der Waals surface area (Å²) in [5, 5.41) is 6.13. The third-order valence-electron chi connectivity index (χ3n) is 3.13. The van der Waals surface area contributed by atoms with Gasteiger partial charge in [0.2, 0.25) is 0 Å². The van der Waals surface area contributed by atoms with Crippen molar-refractivity contribution in [2.75, 3.05) is 38.0 Å². The lowest BCUT2D eigenvalue weighted by Gasteiger charge is -2.19. The second-order valence-electron chi connectivity index (χ2n) is 4.64. The maximum Gasteiger partial charge on any atom is 0.253 e. The Morgan fingerprint density at radius 3 is 2.75 bits per heavy atom. The van der Waals surface area contributed by atoms with Crippen LogP contribution in [0.4, 0.5) is 5.69 Å². The van der Waals surface area contributed by atoms with E-state index in [1.807, 2.05) is 6.92 Å². The Morgan fingerprint density at radius 2 is 2.10 bits per heavy atom. The molecule has 0 saturated carbocycles. The fourth-order valence-corrected chi connectivity index (χ4v) is 2.09. The number of carbonyl (C=O) groups is 1. The number of pyridine rings is 1. The van der Waals surface area contributed by atoms with Gasteiger partial charge in [-0.2, -0.15) is 0 Å². The Labute approximate surface area is 121 Å². The van der Waals surface area contributed by atoms with Gasteiger partial charge in [0.15, 0.2) is 0 Å². The molecule has 1 aromatic rings. The molecule has 0 atom stereocenters. The average Bonchev–Trinajstić information content (AvgIpc) is 2.47. The van der Waals surface area contributed by atoms with Crippen LogP contribution < -0.4 is 10.6 Å². The third-order valence-corrected chi connectivity index (χ3v) is 3.13. The highest BCUT2D eigenvalue weighted by molar-refractivity contribution is 5.99. The number of likely N-dealkylation sites (N-methyl/N-ethyl adjacent to an activating group) is 1. The van der Waals surface area contributed by atoms with Gasteiger partial charge in [0.1, 0.15) is 0 Å². The normalized spacial score (nSPS) is 10.6. The van der Waals surface area contributed by atoms with Crippen LogP contribution in [0.15, 0.2) is 18.5 Å². The van der Waals surface area contributed by atoms with Gasteiger partial charge in [-0.15, -0.1) is 0 Å². The topological polar surface area (TPSA) is 57.3 Å². The van der Waals surface area contributed by atoms with E-state index in [4.69, 9.17) is 0 Å². The highest BCUT2D eigenvalue weighted by atomic mass is 16.1. The van der Waals surface area contributed by atoms with Gasteiger partial charge in [0.25, 0.3) is 5.91 Å². The van der Waals surface area contributed by atoms with Crippen molar-refractivity contribution in [2.45, 2.75) is 27.2 Å². The highest BCUT2D eigenvalue weighted by Crippen LogP contribution is 2.12. The number of rotatable bonds is 9. The van der Waals surface area contributed by atoms with Crippen molar-refractivity contribution in [3.8, 4) is 0 Å². The molecule has 1 aromatic heterocycles. The SMILES string of the molecule is CCCN(CC)CCNC(=O)c1ccncc1NCC. The zero-order valence-corrected chi connectivity index (χ0v) is 12.8. The highest BCUT2D eigenvalue weighted by Gasteiger charge is 2.10. The Bertz CT molecular complexity index is 409. The van der Waals surface area contributed by atoms with Gasteiger partial charge in [0.05, 0.1) is 17.4 Å². The maximum absolute atomic E-state index is 12.2. The molecule has 20 heavy (non-hydrogen) atoms. The number of nitrogens with one attached hydrogen (secondary N) is 2. The van der Waals surface area contributed by atoms with Crippen LogP contribution >= 0.6 is 0 Å². The van der Waals surface area contributed by atoms with Crippen molar-refractivity contribution < 1.29 is 4.79 Å².